The van der Waals surface area contributed by atoms with Crippen molar-refractivity contribution in [1.82, 2.24) is 5.01 Å². The first-order valence-corrected chi connectivity index (χ1v) is 7.48. The van der Waals surface area contributed by atoms with Gasteiger partial charge in [0.05, 0.1) is 10.8 Å². The molecule has 0 radical (unpaired) electrons. The van der Waals surface area contributed by atoms with Crippen LogP contribution in [0.2, 0.25) is 0 Å². The van der Waals surface area contributed by atoms with Gasteiger partial charge in [-0.3, -0.25) is 4.79 Å². The largest absolute Gasteiger partial charge is 0.439 e. The van der Waals surface area contributed by atoms with Crippen molar-refractivity contribution in [2.24, 2.45) is 11.0 Å². The third-order valence-corrected chi connectivity index (χ3v) is 4.81. The molecule has 1 fully saturated rings. The second kappa shape index (κ2) is 4.81. The lowest BCUT2D eigenvalue weighted by Gasteiger charge is -2.38. The van der Waals surface area contributed by atoms with Gasteiger partial charge < -0.3 is 5.11 Å². The van der Waals surface area contributed by atoms with Gasteiger partial charge in [-0.2, -0.15) is 23.3 Å². The first-order valence-electron chi connectivity index (χ1n) is 6.60. The lowest BCUT2D eigenvalue weighted by molar-refractivity contribution is -0.312. The van der Waals surface area contributed by atoms with Gasteiger partial charge in [0.15, 0.2) is 0 Å². The quantitative estimate of drug-likeness (QED) is 0.865. The summed E-state index contributed by atoms with van der Waals surface area (Å²) in [5.41, 5.74) is -2.96. The SMILES string of the molecule is O=C(c1cccs1)N1N=C2CCCC[C@H]2[C@]1(O)C(F)(F)F. The third-order valence-electron chi connectivity index (χ3n) is 3.96. The number of carbonyl (C=O) groups excluding carboxylic acids is 1. The summed E-state index contributed by atoms with van der Waals surface area (Å²) in [6, 6.07) is 2.99. The molecular weight excluding hydrogens is 305 g/mol. The predicted octanol–water partition coefficient (Wildman–Crippen LogP) is 3.00. The smallest absolute Gasteiger partial charge is 0.362 e. The number of alkyl halides is 3. The molecule has 0 aromatic carbocycles. The van der Waals surface area contributed by atoms with Crippen LogP contribution in [0.25, 0.3) is 0 Å². The van der Waals surface area contributed by atoms with Gasteiger partial charge in [-0.15, -0.1) is 11.3 Å². The van der Waals surface area contributed by atoms with E-state index in [0.717, 1.165) is 17.8 Å². The average Bonchev–Trinajstić information content (AvgIpc) is 3.05. The van der Waals surface area contributed by atoms with Crippen molar-refractivity contribution in [2.75, 3.05) is 0 Å². The minimum Gasteiger partial charge on any atom is -0.362 e. The highest BCUT2D eigenvalue weighted by Gasteiger charge is 2.68. The van der Waals surface area contributed by atoms with Gasteiger partial charge in [0, 0.05) is 5.71 Å². The van der Waals surface area contributed by atoms with Gasteiger partial charge in [0.2, 0.25) is 0 Å². The molecule has 21 heavy (non-hydrogen) atoms. The Hall–Kier alpha value is -1.41. The van der Waals surface area contributed by atoms with Crippen molar-refractivity contribution in [3.05, 3.63) is 22.4 Å². The van der Waals surface area contributed by atoms with E-state index in [1.807, 2.05) is 0 Å². The van der Waals surface area contributed by atoms with Crippen molar-refractivity contribution >= 4 is 23.0 Å². The normalized spacial score (nSPS) is 29.2. The Kier molecular flexibility index (Phi) is 3.32. The minimum atomic E-state index is -4.95. The fourth-order valence-electron chi connectivity index (χ4n) is 2.92. The van der Waals surface area contributed by atoms with Crippen LogP contribution in [0, 0.1) is 5.92 Å². The summed E-state index contributed by atoms with van der Waals surface area (Å²) in [4.78, 5) is 12.4. The molecule has 0 unspecified atom stereocenters. The van der Waals surface area contributed by atoms with Crippen LogP contribution in [-0.4, -0.2) is 33.6 Å². The molecule has 1 aromatic rings. The van der Waals surface area contributed by atoms with E-state index in [1.165, 1.54) is 6.07 Å². The zero-order chi connectivity index (χ0) is 15.3. The Labute approximate surface area is 122 Å². The number of hydrazone groups is 1. The summed E-state index contributed by atoms with van der Waals surface area (Å²) in [7, 11) is 0. The third kappa shape index (κ3) is 2.08. The standard InChI is InChI=1S/C13H13F3N2O2S/c14-13(15,16)12(20)8-4-1-2-5-9(8)17-18(12)11(19)10-6-3-7-21-10/h3,6-8,20H,1-2,4-5H2/t8-,12+/m1/s1. The maximum Gasteiger partial charge on any atom is 0.439 e. The fourth-order valence-corrected chi connectivity index (χ4v) is 3.57. The summed E-state index contributed by atoms with van der Waals surface area (Å²) in [5.74, 6) is -2.07. The van der Waals surface area contributed by atoms with Crippen LogP contribution in [0.1, 0.15) is 35.4 Å². The van der Waals surface area contributed by atoms with Crippen LogP contribution < -0.4 is 0 Å². The molecule has 2 aliphatic rings. The van der Waals surface area contributed by atoms with Crippen LogP contribution in [-0.2, 0) is 0 Å². The first kappa shape index (κ1) is 14.5. The van der Waals surface area contributed by atoms with Gasteiger partial charge >= 0.3 is 6.18 Å². The number of aliphatic hydroxyl groups is 1. The monoisotopic (exact) mass is 318 g/mol. The molecule has 0 bridgehead atoms. The highest BCUT2D eigenvalue weighted by Crippen LogP contribution is 2.48. The molecule has 4 nitrogen and oxygen atoms in total. The number of hydrogen-bond acceptors (Lipinski definition) is 4. The van der Waals surface area contributed by atoms with Gasteiger partial charge in [0.1, 0.15) is 0 Å². The second-order valence-corrected chi connectivity index (χ2v) is 6.16. The summed E-state index contributed by atoms with van der Waals surface area (Å²) in [6.07, 6.45) is -3.07. The van der Waals surface area contributed by atoms with Crippen molar-refractivity contribution in [3.63, 3.8) is 0 Å². The van der Waals surface area contributed by atoms with E-state index in [4.69, 9.17) is 0 Å². The van der Waals surface area contributed by atoms with Gasteiger partial charge in [-0.1, -0.05) is 12.5 Å². The van der Waals surface area contributed by atoms with Gasteiger partial charge in [0.25, 0.3) is 11.6 Å². The van der Waals surface area contributed by atoms with E-state index in [1.54, 1.807) is 11.4 Å². The summed E-state index contributed by atoms with van der Waals surface area (Å²) in [6.45, 7) is 0. The van der Waals surface area contributed by atoms with Crippen molar-refractivity contribution in [3.8, 4) is 0 Å². The van der Waals surface area contributed by atoms with Gasteiger partial charge in [-0.05, 0) is 30.7 Å². The number of fused-ring (bicyclic) bond motifs is 1. The van der Waals surface area contributed by atoms with E-state index in [2.05, 4.69) is 5.10 Å². The highest BCUT2D eigenvalue weighted by atomic mass is 32.1. The highest BCUT2D eigenvalue weighted by molar-refractivity contribution is 7.12. The molecule has 3 rings (SSSR count). The van der Waals surface area contributed by atoms with Crippen molar-refractivity contribution in [1.29, 1.82) is 0 Å². The first-order chi connectivity index (χ1) is 9.85. The molecular formula is C13H13F3N2O2S. The Morgan fingerprint density at radius 3 is 2.86 bits per heavy atom. The Morgan fingerprint density at radius 1 is 1.48 bits per heavy atom. The molecule has 8 heteroatoms. The van der Waals surface area contributed by atoms with E-state index >= 15 is 0 Å². The van der Waals surface area contributed by atoms with Crippen molar-refractivity contribution < 1.29 is 23.1 Å². The van der Waals surface area contributed by atoms with E-state index in [-0.39, 0.29) is 22.0 Å². The van der Waals surface area contributed by atoms with E-state index in [9.17, 15) is 23.1 Å². The molecule has 0 saturated heterocycles. The molecule has 2 atom stereocenters. The van der Waals surface area contributed by atoms with Crippen LogP contribution >= 0.6 is 11.3 Å². The molecule has 1 aromatic heterocycles. The molecule has 2 heterocycles. The lowest BCUT2D eigenvalue weighted by atomic mass is 9.80. The number of halogens is 3. The van der Waals surface area contributed by atoms with E-state index in [0.29, 0.717) is 12.8 Å². The van der Waals surface area contributed by atoms with Gasteiger partial charge in [-0.25, -0.2) is 0 Å². The molecule has 0 spiro atoms. The minimum absolute atomic E-state index is 0.126. The summed E-state index contributed by atoms with van der Waals surface area (Å²) < 4.78 is 40.4. The number of amides is 1. The number of nitrogens with zero attached hydrogens (tertiary/aromatic N) is 2. The Balaban J connectivity index is 2.04. The Bertz CT molecular complexity index is 585. The Morgan fingerprint density at radius 2 is 2.24 bits per heavy atom. The average molecular weight is 318 g/mol. The zero-order valence-electron chi connectivity index (χ0n) is 10.9. The van der Waals surface area contributed by atoms with Crippen molar-refractivity contribution in [2.45, 2.75) is 37.6 Å². The zero-order valence-corrected chi connectivity index (χ0v) is 11.7. The molecule has 1 aliphatic carbocycles. The predicted molar refractivity (Wildman–Crippen MR) is 70.9 cm³/mol. The topological polar surface area (TPSA) is 52.9 Å². The van der Waals surface area contributed by atoms with Crippen LogP contribution in [0.5, 0.6) is 0 Å². The number of carbonyl (C=O) groups is 1. The number of hydrogen-bond donors (Lipinski definition) is 1. The lowest BCUT2D eigenvalue weighted by Crippen LogP contribution is -2.61. The maximum absolute atomic E-state index is 13.5. The van der Waals surface area contributed by atoms with Crippen LogP contribution in [0.3, 0.4) is 0 Å². The van der Waals surface area contributed by atoms with E-state index < -0.39 is 23.7 Å². The summed E-state index contributed by atoms with van der Waals surface area (Å²) in [5, 5.41) is 16.0. The molecule has 1 amide bonds. The van der Waals surface area contributed by atoms with Crippen LogP contribution in [0.15, 0.2) is 22.6 Å². The number of rotatable bonds is 1. The van der Waals surface area contributed by atoms with Crippen LogP contribution in [0.4, 0.5) is 13.2 Å². The molecule has 1 saturated carbocycles. The maximum atomic E-state index is 13.5. The second-order valence-electron chi connectivity index (χ2n) is 5.21. The fraction of sp³-hybridized carbons (Fsp3) is 0.538. The molecule has 1 N–H and O–H groups in total. The molecule has 114 valence electrons. The summed E-state index contributed by atoms with van der Waals surface area (Å²) >= 11 is 1.02. The number of thiophene rings is 1. The molecule has 1 aliphatic heterocycles.